The Morgan fingerprint density at radius 2 is 1.93 bits per heavy atom. The number of pyridine rings is 1. The van der Waals surface area contributed by atoms with Crippen LogP contribution in [0.15, 0.2) is 64.1 Å². The van der Waals surface area contributed by atoms with Gasteiger partial charge in [-0.15, -0.1) is 0 Å². The van der Waals surface area contributed by atoms with Gasteiger partial charge in [0.05, 0.1) is 28.6 Å². The fraction of sp³-hybridized carbons (Fsp3) is 0.190. The van der Waals surface area contributed by atoms with Crippen molar-refractivity contribution in [2.24, 2.45) is 0 Å². The van der Waals surface area contributed by atoms with Gasteiger partial charge in [-0.2, -0.15) is 0 Å². The van der Waals surface area contributed by atoms with E-state index in [0.717, 1.165) is 31.9 Å². The van der Waals surface area contributed by atoms with E-state index in [1.54, 1.807) is 24.5 Å². The molecule has 0 aliphatic carbocycles. The number of benzene rings is 1. The normalized spacial score (nSPS) is 14.2. The van der Waals surface area contributed by atoms with Gasteiger partial charge in [-0.3, -0.25) is 9.78 Å². The fourth-order valence-electron chi connectivity index (χ4n) is 3.69. The van der Waals surface area contributed by atoms with Crippen molar-refractivity contribution in [3.8, 4) is 5.88 Å². The molecule has 1 aromatic carbocycles. The summed E-state index contributed by atoms with van der Waals surface area (Å²) in [5.41, 5.74) is 2.58. The van der Waals surface area contributed by atoms with E-state index in [1.807, 2.05) is 30.3 Å². The highest BCUT2D eigenvalue weighted by Gasteiger charge is 2.19. The number of nitrogens with zero attached hydrogens (tertiary/aromatic N) is 3. The summed E-state index contributed by atoms with van der Waals surface area (Å²) in [6, 6.07) is 12.3. The predicted molar refractivity (Wildman–Crippen MR) is 113 cm³/mol. The van der Waals surface area contributed by atoms with Crippen LogP contribution in [0.2, 0.25) is 0 Å². The van der Waals surface area contributed by atoms with Crippen LogP contribution in [0.1, 0.15) is 10.6 Å². The maximum atomic E-state index is 12.8. The number of anilines is 2. The maximum Gasteiger partial charge on any atom is 0.333 e. The predicted octanol–water partition coefficient (Wildman–Crippen LogP) is 1.97. The third-order valence-corrected chi connectivity index (χ3v) is 5.13. The molecule has 4 heterocycles. The van der Waals surface area contributed by atoms with Gasteiger partial charge in [0.25, 0.3) is 5.91 Å². The number of H-pyrrole nitrogens is 1. The number of amides is 1. The van der Waals surface area contributed by atoms with Gasteiger partial charge in [0, 0.05) is 38.4 Å². The molecule has 152 valence electrons. The Hall–Kier alpha value is -3.85. The minimum Gasteiger partial charge on any atom is -0.435 e. The summed E-state index contributed by atoms with van der Waals surface area (Å²) in [5.74, 6) is -0.0214. The molecule has 0 spiro atoms. The zero-order valence-corrected chi connectivity index (χ0v) is 16.1. The van der Waals surface area contributed by atoms with Crippen LogP contribution in [0, 0.1) is 0 Å². The molecule has 1 saturated heterocycles. The molecule has 30 heavy (non-hydrogen) atoms. The molecule has 0 bridgehead atoms. The SMILES string of the molecule is O=C(Nc1cnccc1N1CCNCC1)c1ccc(-n2c(=O)[nH]c3ccccc32)o1. The number of hydrogen-bond acceptors (Lipinski definition) is 6. The second-order valence-corrected chi connectivity index (χ2v) is 7.00. The molecule has 0 saturated carbocycles. The minimum absolute atomic E-state index is 0.109. The van der Waals surface area contributed by atoms with Crippen molar-refractivity contribution in [1.82, 2.24) is 19.9 Å². The molecule has 1 amide bonds. The van der Waals surface area contributed by atoms with Crippen LogP contribution in [0.25, 0.3) is 16.9 Å². The van der Waals surface area contributed by atoms with Gasteiger partial charge in [-0.05, 0) is 24.3 Å². The molecule has 3 aromatic heterocycles. The van der Waals surface area contributed by atoms with Crippen molar-refractivity contribution in [2.75, 3.05) is 36.4 Å². The van der Waals surface area contributed by atoms with E-state index < -0.39 is 5.91 Å². The summed E-state index contributed by atoms with van der Waals surface area (Å²) >= 11 is 0. The number of carbonyl (C=O) groups is 1. The molecular weight excluding hydrogens is 384 g/mol. The summed E-state index contributed by atoms with van der Waals surface area (Å²) in [7, 11) is 0. The molecule has 5 rings (SSSR count). The fourth-order valence-corrected chi connectivity index (χ4v) is 3.69. The number of aromatic amines is 1. The maximum absolute atomic E-state index is 12.8. The molecule has 1 aliphatic heterocycles. The van der Waals surface area contributed by atoms with Crippen molar-refractivity contribution >= 4 is 28.3 Å². The first kappa shape index (κ1) is 18.2. The molecule has 0 atom stereocenters. The lowest BCUT2D eigenvalue weighted by atomic mass is 10.2. The first-order valence-corrected chi connectivity index (χ1v) is 9.72. The van der Waals surface area contributed by atoms with E-state index >= 15 is 0 Å². The molecule has 0 unspecified atom stereocenters. The molecule has 1 fully saturated rings. The second kappa shape index (κ2) is 7.53. The van der Waals surface area contributed by atoms with E-state index in [2.05, 4.69) is 25.5 Å². The van der Waals surface area contributed by atoms with Crippen LogP contribution in [0.4, 0.5) is 11.4 Å². The number of carbonyl (C=O) groups excluding carboxylic acids is 1. The molecule has 9 heteroatoms. The highest BCUT2D eigenvalue weighted by molar-refractivity contribution is 6.04. The first-order chi connectivity index (χ1) is 14.7. The van der Waals surface area contributed by atoms with Gasteiger partial charge < -0.3 is 24.9 Å². The minimum atomic E-state index is -0.404. The van der Waals surface area contributed by atoms with E-state index in [-0.39, 0.29) is 17.3 Å². The quantitative estimate of drug-likeness (QED) is 0.480. The van der Waals surface area contributed by atoms with Crippen LogP contribution < -0.4 is 21.2 Å². The van der Waals surface area contributed by atoms with Gasteiger partial charge in [-0.25, -0.2) is 9.36 Å². The van der Waals surface area contributed by atoms with Crippen LogP contribution in [0.3, 0.4) is 0 Å². The molecule has 3 N–H and O–H groups in total. The average Bonchev–Trinajstić information content (AvgIpc) is 3.38. The lowest BCUT2D eigenvalue weighted by Crippen LogP contribution is -2.43. The van der Waals surface area contributed by atoms with E-state index in [4.69, 9.17) is 4.42 Å². The van der Waals surface area contributed by atoms with Crippen LogP contribution in [-0.4, -0.2) is 46.6 Å². The van der Waals surface area contributed by atoms with Crippen molar-refractivity contribution in [1.29, 1.82) is 0 Å². The summed E-state index contributed by atoms with van der Waals surface area (Å²) in [4.78, 5) is 34.3. The molecule has 0 radical (unpaired) electrons. The van der Waals surface area contributed by atoms with Crippen LogP contribution in [0.5, 0.6) is 0 Å². The van der Waals surface area contributed by atoms with E-state index in [0.29, 0.717) is 16.7 Å². The largest absolute Gasteiger partial charge is 0.435 e. The van der Waals surface area contributed by atoms with Crippen molar-refractivity contribution < 1.29 is 9.21 Å². The lowest BCUT2D eigenvalue weighted by molar-refractivity contribution is 0.0996. The molecule has 9 nitrogen and oxygen atoms in total. The van der Waals surface area contributed by atoms with Gasteiger partial charge in [-0.1, -0.05) is 12.1 Å². The summed E-state index contributed by atoms with van der Waals surface area (Å²) in [6.45, 7) is 3.47. The molecule has 1 aliphatic rings. The first-order valence-electron chi connectivity index (χ1n) is 9.72. The van der Waals surface area contributed by atoms with E-state index in [1.165, 1.54) is 4.57 Å². The Bertz CT molecular complexity index is 1260. The summed E-state index contributed by atoms with van der Waals surface area (Å²) < 4.78 is 7.13. The Kier molecular flexibility index (Phi) is 4.56. The number of imidazole rings is 1. The number of rotatable bonds is 4. The van der Waals surface area contributed by atoms with Crippen molar-refractivity contribution in [3.05, 3.63) is 71.1 Å². The molecular formula is C21H20N6O3. The zero-order chi connectivity index (χ0) is 20.5. The second-order valence-electron chi connectivity index (χ2n) is 7.00. The monoisotopic (exact) mass is 404 g/mol. The number of furan rings is 1. The van der Waals surface area contributed by atoms with Gasteiger partial charge >= 0.3 is 5.69 Å². The number of aromatic nitrogens is 3. The lowest BCUT2D eigenvalue weighted by Gasteiger charge is -2.30. The topological polar surface area (TPSA) is 108 Å². The number of piperazine rings is 1. The van der Waals surface area contributed by atoms with Gasteiger partial charge in [0.2, 0.25) is 5.88 Å². The zero-order valence-electron chi connectivity index (χ0n) is 16.1. The Morgan fingerprint density at radius 1 is 1.10 bits per heavy atom. The Labute approximate surface area is 171 Å². The van der Waals surface area contributed by atoms with Crippen LogP contribution in [-0.2, 0) is 0 Å². The summed E-state index contributed by atoms with van der Waals surface area (Å²) in [6.07, 6.45) is 3.34. The van der Waals surface area contributed by atoms with Crippen molar-refractivity contribution in [3.63, 3.8) is 0 Å². The molecule has 4 aromatic rings. The van der Waals surface area contributed by atoms with Crippen LogP contribution >= 0.6 is 0 Å². The number of fused-ring (bicyclic) bond motifs is 1. The van der Waals surface area contributed by atoms with Crippen molar-refractivity contribution in [2.45, 2.75) is 0 Å². The number of nitrogens with one attached hydrogen (secondary N) is 3. The summed E-state index contributed by atoms with van der Waals surface area (Å²) in [5, 5.41) is 6.20. The number of para-hydroxylation sites is 2. The van der Waals surface area contributed by atoms with Gasteiger partial charge in [0.15, 0.2) is 5.76 Å². The number of hydrogen-bond donors (Lipinski definition) is 3. The standard InChI is InChI=1S/C21H20N6O3/c28-20(24-15-13-23-8-7-16(15)26-11-9-22-10-12-26)18-5-6-19(30-18)27-17-4-2-1-3-14(17)25-21(27)29/h1-8,13,22H,9-12H2,(H,24,28)(H,25,29). The third-order valence-electron chi connectivity index (χ3n) is 5.13. The average molecular weight is 404 g/mol. The smallest absolute Gasteiger partial charge is 0.333 e. The Morgan fingerprint density at radius 3 is 2.80 bits per heavy atom. The third kappa shape index (κ3) is 3.25. The van der Waals surface area contributed by atoms with Gasteiger partial charge in [0.1, 0.15) is 0 Å². The highest BCUT2D eigenvalue weighted by atomic mass is 16.4. The highest BCUT2D eigenvalue weighted by Crippen LogP contribution is 2.26. The van der Waals surface area contributed by atoms with E-state index in [9.17, 15) is 9.59 Å². The Balaban J connectivity index is 1.42.